The number of halogens is 2. The van der Waals surface area contributed by atoms with Crippen molar-refractivity contribution in [1.29, 1.82) is 0 Å². The van der Waals surface area contributed by atoms with Crippen LogP contribution in [0.1, 0.15) is 27.9 Å². The van der Waals surface area contributed by atoms with Gasteiger partial charge in [-0.3, -0.25) is 4.79 Å². The number of nitrogens with one attached hydrogen (secondary N) is 3. The van der Waals surface area contributed by atoms with E-state index < -0.39 is 6.03 Å². The van der Waals surface area contributed by atoms with Gasteiger partial charge in [0, 0.05) is 44.7 Å². The lowest BCUT2D eigenvalue weighted by molar-refractivity contribution is 0.0949. The minimum Gasteiger partial charge on any atom is -0.385 e. The quantitative estimate of drug-likeness (QED) is 0.316. The van der Waals surface area contributed by atoms with Gasteiger partial charge in [-0.05, 0) is 54.3 Å². The summed E-state index contributed by atoms with van der Waals surface area (Å²) in [5.41, 5.74) is 4.75. The van der Waals surface area contributed by atoms with E-state index >= 15 is 0 Å². The molecule has 0 bridgehead atoms. The van der Waals surface area contributed by atoms with Crippen molar-refractivity contribution in [2.24, 2.45) is 0 Å². The molecule has 0 saturated carbocycles. The second-order valence-corrected chi connectivity index (χ2v) is 9.24. The van der Waals surface area contributed by atoms with Gasteiger partial charge in [0.15, 0.2) is 0 Å². The lowest BCUT2D eigenvalue weighted by Crippen LogP contribution is -2.33. The Morgan fingerprint density at radius 2 is 1.81 bits per heavy atom. The summed E-state index contributed by atoms with van der Waals surface area (Å²) in [4.78, 5) is 28.0. The summed E-state index contributed by atoms with van der Waals surface area (Å²) in [7, 11) is 1.63. The van der Waals surface area contributed by atoms with Crippen molar-refractivity contribution in [3.63, 3.8) is 0 Å². The van der Waals surface area contributed by atoms with Crippen LogP contribution >= 0.6 is 23.2 Å². The van der Waals surface area contributed by atoms with Crippen LogP contribution in [-0.2, 0) is 17.7 Å². The molecule has 3 amide bonds. The largest absolute Gasteiger partial charge is 0.385 e. The number of ether oxygens (including phenoxy) is 1. The molecule has 0 fully saturated rings. The topological polar surface area (TPSA) is 82.7 Å². The van der Waals surface area contributed by atoms with Crippen LogP contribution < -0.4 is 20.9 Å². The summed E-state index contributed by atoms with van der Waals surface area (Å²) in [5.74, 6) is -0.207. The van der Waals surface area contributed by atoms with E-state index in [0.29, 0.717) is 48.1 Å². The van der Waals surface area contributed by atoms with Gasteiger partial charge in [0.2, 0.25) is 0 Å². The van der Waals surface area contributed by atoms with E-state index in [0.717, 1.165) is 18.7 Å². The smallest absolute Gasteiger partial charge is 0.323 e. The van der Waals surface area contributed by atoms with Gasteiger partial charge in [-0.25, -0.2) is 4.79 Å². The van der Waals surface area contributed by atoms with Crippen LogP contribution in [-0.4, -0.2) is 38.7 Å². The Bertz CT molecular complexity index is 1250. The Balaban J connectivity index is 1.55. The van der Waals surface area contributed by atoms with E-state index in [1.165, 1.54) is 11.1 Å². The van der Waals surface area contributed by atoms with Gasteiger partial charge < -0.3 is 25.6 Å². The number of carbonyl (C=O) groups excluding carboxylic acids is 2. The molecule has 3 aromatic rings. The fraction of sp³-hybridized carbons (Fsp3) is 0.259. The molecule has 1 aliphatic rings. The second-order valence-electron chi connectivity index (χ2n) is 8.45. The molecule has 36 heavy (non-hydrogen) atoms. The normalized spacial score (nSPS) is 12.6. The molecule has 0 radical (unpaired) electrons. The van der Waals surface area contributed by atoms with E-state index in [2.05, 4.69) is 39.0 Å². The zero-order valence-corrected chi connectivity index (χ0v) is 21.5. The van der Waals surface area contributed by atoms with Crippen molar-refractivity contribution in [3.8, 4) is 0 Å². The minimum absolute atomic E-state index is 0.207. The molecular formula is C27H28Cl2N4O3. The van der Waals surface area contributed by atoms with Crippen LogP contribution in [0.3, 0.4) is 0 Å². The molecule has 0 aliphatic carbocycles. The zero-order valence-electron chi connectivity index (χ0n) is 19.9. The number of nitrogens with zero attached hydrogens (tertiary/aromatic N) is 1. The highest BCUT2D eigenvalue weighted by Gasteiger charge is 2.22. The first-order valence-electron chi connectivity index (χ1n) is 11.7. The van der Waals surface area contributed by atoms with E-state index in [-0.39, 0.29) is 10.9 Å². The third kappa shape index (κ3) is 6.29. The third-order valence-corrected chi connectivity index (χ3v) is 6.80. The number of amides is 3. The predicted molar refractivity (Wildman–Crippen MR) is 146 cm³/mol. The zero-order chi connectivity index (χ0) is 25.5. The molecule has 0 spiro atoms. The molecule has 188 valence electrons. The molecule has 0 saturated heterocycles. The number of urea groups is 1. The van der Waals surface area contributed by atoms with Crippen molar-refractivity contribution >= 4 is 52.2 Å². The standard InChI is InChI=1S/C27H28Cl2N4O3/c1-36-15-5-13-30-26(34)21-16-20(31-27(35)32-23-9-4-8-22(28)25(23)29)10-11-24(21)33-14-12-18-6-2-3-7-19(18)17-33/h2-4,6-11,16H,5,12-15,17H2,1H3,(H,30,34)(H2,31,32,35). The fourth-order valence-corrected chi connectivity index (χ4v) is 4.52. The van der Waals surface area contributed by atoms with Gasteiger partial charge in [-0.1, -0.05) is 53.5 Å². The maximum atomic E-state index is 13.2. The maximum Gasteiger partial charge on any atom is 0.323 e. The Hall–Kier alpha value is -3.26. The molecule has 4 rings (SSSR count). The molecule has 1 heterocycles. The Labute approximate surface area is 220 Å². The van der Waals surface area contributed by atoms with Crippen molar-refractivity contribution in [2.75, 3.05) is 42.3 Å². The average Bonchev–Trinajstić information content (AvgIpc) is 2.89. The molecule has 3 N–H and O–H groups in total. The number of benzene rings is 3. The lowest BCUT2D eigenvalue weighted by atomic mass is 9.98. The number of rotatable bonds is 8. The Morgan fingerprint density at radius 1 is 1.00 bits per heavy atom. The molecule has 9 heteroatoms. The molecule has 1 aliphatic heterocycles. The first kappa shape index (κ1) is 25.8. The summed E-state index contributed by atoms with van der Waals surface area (Å²) in [5, 5.41) is 9.04. The molecule has 0 unspecified atom stereocenters. The van der Waals surface area contributed by atoms with E-state index in [4.69, 9.17) is 27.9 Å². The molecule has 3 aromatic carbocycles. The number of hydrogen-bond acceptors (Lipinski definition) is 4. The van der Waals surface area contributed by atoms with Crippen molar-refractivity contribution < 1.29 is 14.3 Å². The highest BCUT2D eigenvalue weighted by molar-refractivity contribution is 6.44. The van der Waals surface area contributed by atoms with Gasteiger partial charge >= 0.3 is 6.03 Å². The van der Waals surface area contributed by atoms with Crippen LogP contribution in [0.5, 0.6) is 0 Å². The molecule has 7 nitrogen and oxygen atoms in total. The molecule has 0 aromatic heterocycles. The summed E-state index contributed by atoms with van der Waals surface area (Å²) in [6.07, 6.45) is 1.60. The van der Waals surface area contributed by atoms with Gasteiger partial charge in [-0.15, -0.1) is 0 Å². The van der Waals surface area contributed by atoms with E-state index in [9.17, 15) is 9.59 Å². The average molecular weight is 527 g/mol. The lowest BCUT2D eigenvalue weighted by Gasteiger charge is -2.32. The van der Waals surface area contributed by atoms with E-state index in [1.54, 1.807) is 37.4 Å². The van der Waals surface area contributed by atoms with Gasteiger partial charge in [0.25, 0.3) is 5.91 Å². The summed E-state index contributed by atoms with van der Waals surface area (Å²) in [6, 6.07) is 18.2. The Kier molecular flexibility index (Phi) is 8.70. The summed E-state index contributed by atoms with van der Waals surface area (Å²) >= 11 is 12.2. The van der Waals surface area contributed by atoms with E-state index in [1.807, 2.05) is 12.1 Å². The van der Waals surface area contributed by atoms with Gasteiger partial charge in [0.1, 0.15) is 0 Å². The van der Waals surface area contributed by atoms with Crippen LogP contribution in [0.25, 0.3) is 0 Å². The van der Waals surface area contributed by atoms with Crippen molar-refractivity contribution in [2.45, 2.75) is 19.4 Å². The number of hydrogen-bond donors (Lipinski definition) is 3. The SMILES string of the molecule is COCCCNC(=O)c1cc(NC(=O)Nc2cccc(Cl)c2Cl)ccc1N1CCc2ccccc2C1. The highest BCUT2D eigenvalue weighted by Crippen LogP contribution is 2.31. The first-order chi connectivity index (χ1) is 17.5. The molecular weight excluding hydrogens is 499 g/mol. The predicted octanol–water partition coefficient (Wildman–Crippen LogP) is 5.97. The Morgan fingerprint density at radius 3 is 2.61 bits per heavy atom. The molecule has 0 atom stereocenters. The van der Waals surface area contributed by atoms with Crippen molar-refractivity contribution in [3.05, 3.63) is 87.4 Å². The highest BCUT2D eigenvalue weighted by atomic mass is 35.5. The number of methoxy groups -OCH3 is 1. The second kappa shape index (κ2) is 12.1. The maximum absolute atomic E-state index is 13.2. The van der Waals surface area contributed by atoms with Crippen LogP contribution in [0.2, 0.25) is 10.0 Å². The van der Waals surface area contributed by atoms with Crippen LogP contribution in [0.15, 0.2) is 60.7 Å². The first-order valence-corrected chi connectivity index (χ1v) is 12.5. The number of carbonyl (C=O) groups is 2. The number of fused-ring (bicyclic) bond motifs is 1. The number of anilines is 3. The van der Waals surface area contributed by atoms with Gasteiger partial charge in [0.05, 0.1) is 21.3 Å². The van der Waals surface area contributed by atoms with Gasteiger partial charge in [-0.2, -0.15) is 0 Å². The summed E-state index contributed by atoms with van der Waals surface area (Å²) < 4.78 is 5.08. The van der Waals surface area contributed by atoms with Crippen LogP contribution in [0.4, 0.5) is 21.9 Å². The summed E-state index contributed by atoms with van der Waals surface area (Å²) in [6.45, 7) is 2.55. The van der Waals surface area contributed by atoms with Crippen LogP contribution in [0, 0.1) is 0 Å². The third-order valence-electron chi connectivity index (χ3n) is 5.98. The fourth-order valence-electron chi connectivity index (χ4n) is 4.17. The minimum atomic E-state index is -0.495. The monoisotopic (exact) mass is 526 g/mol. The van der Waals surface area contributed by atoms with Crippen molar-refractivity contribution in [1.82, 2.24) is 5.32 Å².